The van der Waals surface area contributed by atoms with Gasteiger partial charge in [0, 0.05) is 41.5 Å². The summed E-state index contributed by atoms with van der Waals surface area (Å²) in [6.45, 7) is 0.702. The van der Waals surface area contributed by atoms with Crippen LogP contribution in [0.2, 0.25) is 5.02 Å². The van der Waals surface area contributed by atoms with Crippen molar-refractivity contribution in [1.82, 2.24) is 29.7 Å². The van der Waals surface area contributed by atoms with Gasteiger partial charge < -0.3 is 4.98 Å². The zero-order valence-corrected chi connectivity index (χ0v) is 15.1. The number of hydrogen-bond acceptors (Lipinski definition) is 4. The highest BCUT2D eigenvalue weighted by atomic mass is 35.5. The predicted octanol–water partition coefficient (Wildman–Crippen LogP) is 4.27. The first-order valence-electron chi connectivity index (χ1n) is 8.64. The lowest BCUT2D eigenvalue weighted by Crippen LogP contribution is -2.04. The Bertz CT molecular complexity index is 1240. The second-order valence-electron chi connectivity index (χ2n) is 6.27. The molecule has 0 unspecified atom stereocenters. The second-order valence-corrected chi connectivity index (χ2v) is 6.71. The van der Waals surface area contributed by atoms with Crippen molar-refractivity contribution in [3.8, 4) is 11.4 Å². The topological polar surface area (TPSA) is 72.3 Å². The van der Waals surface area contributed by atoms with E-state index in [0.717, 1.165) is 45.6 Å². The molecule has 0 radical (unpaired) electrons. The molecule has 0 bridgehead atoms. The van der Waals surface area contributed by atoms with E-state index >= 15 is 0 Å². The fourth-order valence-electron chi connectivity index (χ4n) is 3.22. The molecule has 132 valence electrons. The van der Waals surface area contributed by atoms with Crippen molar-refractivity contribution < 1.29 is 0 Å². The maximum Gasteiger partial charge on any atom is 0.156 e. The van der Waals surface area contributed by atoms with E-state index < -0.39 is 0 Å². The summed E-state index contributed by atoms with van der Waals surface area (Å²) in [5.41, 5.74) is 5.13. The number of fused-ring (bicyclic) bond motifs is 2. The van der Waals surface area contributed by atoms with Gasteiger partial charge in [-0.1, -0.05) is 17.7 Å². The number of pyridine rings is 1. The number of aryl methyl sites for hydroxylation is 2. The van der Waals surface area contributed by atoms with Crippen molar-refractivity contribution in [2.45, 2.75) is 13.0 Å². The number of aromatic amines is 1. The van der Waals surface area contributed by atoms with Crippen LogP contribution < -0.4 is 0 Å². The van der Waals surface area contributed by atoms with Crippen LogP contribution in [0.25, 0.3) is 33.5 Å². The molecule has 4 heterocycles. The summed E-state index contributed by atoms with van der Waals surface area (Å²) in [7, 11) is 0. The lowest BCUT2D eigenvalue weighted by Gasteiger charge is -2.03. The van der Waals surface area contributed by atoms with Crippen molar-refractivity contribution in [2.75, 3.05) is 0 Å². The van der Waals surface area contributed by atoms with E-state index in [-0.39, 0.29) is 0 Å². The molecular formula is C20H15ClN6. The lowest BCUT2D eigenvalue weighted by atomic mass is 10.1. The van der Waals surface area contributed by atoms with Crippen LogP contribution in [0.4, 0.5) is 0 Å². The molecular weight excluding hydrogens is 360 g/mol. The van der Waals surface area contributed by atoms with Gasteiger partial charge in [-0.05, 0) is 36.4 Å². The standard InChI is InChI=1S/C20H15ClN6/c21-13-4-5-15-18(11-13)27(10-7-14-3-1-2-8-22-14)26-19(15)17-12-24-20-16(25-17)6-9-23-20/h1-6,8-9,11-12H,7,10H2,(H,23,24). The molecule has 6 nitrogen and oxygen atoms in total. The monoisotopic (exact) mass is 374 g/mol. The zero-order valence-electron chi connectivity index (χ0n) is 14.3. The number of hydrogen-bond donors (Lipinski definition) is 1. The van der Waals surface area contributed by atoms with Gasteiger partial charge >= 0.3 is 0 Å². The smallest absolute Gasteiger partial charge is 0.156 e. The molecule has 0 aliphatic heterocycles. The van der Waals surface area contributed by atoms with Crippen LogP contribution in [0, 0.1) is 0 Å². The Morgan fingerprint density at radius 2 is 2.04 bits per heavy atom. The van der Waals surface area contributed by atoms with E-state index in [1.165, 1.54) is 0 Å². The molecule has 1 aromatic carbocycles. The molecule has 0 fully saturated rings. The van der Waals surface area contributed by atoms with Gasteiger partial charge in [0.25, 0.3) is 0 Å². The molecule has 0 atom stereocenters. The molecule has 7 heteroatoms. The summed E-state index contributed by atoms with van der Waals surface area (Å²) in [6.07, 6.45) is 6.17. The predicted molar refractivity (Wildman–Crippen MR) is 106 cm³/mol. The molecule has 5 aromatic rings. The van der Waals surface area contributed by atoms with Gasteiger partial charge in [0.2, 0.25) is 0 Å². The highest BCUT2D eigenvalue weighted by Crippen LogP contribution is 2.29. The van der Waals surface area contributed by atoms with Crippen molar-refractivity contribution in [3.05, 3.63) is 71.8 Å². The van der Waals surface area contributed by atoms with Gasteiger partial charge in [-0.25, -0.2) is 9.97 Å². The highest BCUT2D eigenvalue weighted by Gasteiger charge is 2.15. The normalized spacial score (nSPS) is 11.4. The van der Waals surface area contributed by atoms with Gasteiger partial charge in [-0.3, -0.25) is 9.67 Å². The Kier molecular flexibility index (Phi) is 3.83. The Hall–Kier alpha value is -3.25. The van der Waals surface area contributed by atoms with E-state index in [1.807, 2.05) is 53.3 Å². The first-order valence-corrected chi connectivity index (χ1v) is 9.02. The van der Waals surface area contributed by atoms with Gasteiger partial charge in [0.15, 0.2) is 5.65 Å². The first-order chi connectivity index (χ1) is 13.3. The van der Waals surface area contributed by atoms with Crippen LogP contribution in [0.15, 0.2) is 61.1 Å². The molecule has 0 saturated carbocycles. The van der Waals surface area contributed by atoms with Crippen LogP contribution >= 0.6 is 11.6 Å². The molecule has 0 saturated heterocycles. The Labute approximate surface area is 159 Å². The molecule has 27 heavy (non-hydrogen) atoms. The Morgan fingerprint density at radius 1 is 1.07 bits per heavy atom. The fraction of sp³-hybridized carbons (Fsp3) is 0.100. The third-order valence-corrected chi connectivity index (χ3v) is 4.76. The van der Waals surface area contributed by atoms with Crippen molar-refractivity contribution in [2.24, 2.45) is 0 Å². The number of rotatable bonds is 4. The summed E-state index contributed by atoms with van der Waals surface area (Å²) < 4.78 is 1.97. The van der Waals surface area contributed by atoms with Crippen LogP contribution in [0.1, 0.15) is 5.69 Å². The minimum absolute atomic E-state index is 0.681. The lowest BCUT2D eigenvalue weighted by molar-refractivity contribution is 0.630. The Morgan fingerprint density at radius 3 is 2.93 bits per heavy atom. The van der Waals surface area contributed by atoms with Crippen molar-refractivity contribution >= 4 is 33.7 Å². The zero-order chi connectivity index (χ0) is 18.2. The number of aromatic nitrogens is 6. The van der Waals surface area contributed by atoms with Gasteiger partial charge in [-0.15, -0.1) is 0 Å². The molecule has 0 aliphatic rings. The fourth-order valence-corrected chi connectivity index (χ4v) is 3.38. The number of nitrogens with zero attached hydrogens (tertiary/aromatic N) is 5. The summed E-state index contributed by atoms with van der Waals surface area (Å²) >= 11 is 6.24. The second kappa shape index (κ2) is 6.48. The van der Waals surface area contributed by atoms with Crippen LogP contribution in [-0.2, 0) is 13.0 Å². The summed E-state index contributed by atoms with van der Waals surface area (Å²) in [6, 6.07) is 13.6. The van der Waals surface area contributed by atoms with Gasteiger partial charge in [-0.2, -0.15) is 5.10 Å². The van der Waals surface area contributed by atoms with Gasteiger partial charge in [0.1, 0.15) is 16.9 Å². The minimum atomic E-state index is 0.681. The van der Waals surface area contributed by atoms with Crippen LogP contribution in [0.3, 0.4) is 0 Å². The maximum absolute atomic E-state index is 6.24. The molecule has 0 aliphatic carbocycles. The molecule has 0 spiro atoms. The average Bonchev–Trinajstić information content (AvgIpc) is 3.31. The van der Waals surface area contributed by atoms with E-state index in [9.17, 15) is 0 Å². The molecule has 0 amide bonds. The van der Waals surface area contributed by atoms with E-state index in [2.05, 4.69) is 15.0 Å². The first kappa shape index (κ1) is 16.0. The third-order valence-electron chi connectivity index (χ3n) is 4.52. The number of benzene rings is 1. The third kappa shape index (κ3) is 2.94. The SMILES string of the molecule is Clc1ccc2c(-c3cnc4[nH]ccc4n3)nn(CCc3ccccn3)c2c1. The van der Waals surface area contributed by atoms with E-state index in [0.29, 0.717) is 11.6 Å². The summed E-state index contributed by atoms with van der Waals surface area (Å²) in [5, 5.41) is 6.51. The van der Waals surface area contributed by atoms with Crippen LogP contribution in [0.5, 0.6) is 0 Å². The molecule has 5 rings (SSSR count). The minimum Gasteiger partial charge on any atom is -0.345 e. The van der Waals surface area contributed by atoms with Crippen molar-refractivity contribution in [1.29, 1.82) is 0 Å². The molecule has 4 aromatic heterocycles. The number of halogens is 1. The summed E-state index contributed by atoms with van der Waals surface area (Å²) in [4.78, 5) is 16.6. The summed E-state index contributed by atoms with van der Waals surface area (Å²) in [5.74, 6) is 0. The Balaban J connectivity index is 1.60. The highest BCUT2D eigenvalue weighted by molar-refractivity contribution is 6.31. The quantitative estimate of drug-likeness (QED) is 0.510. The van der Waals surface area contributed by atoms with Crippen LogP contribution in [-0.4, -0.2) is 29.7 Å². The number of H-pyrrole nitrogens is 1. The van der Waals surface area contributed by atoms with Gasteiger partial charge in [0.05, 0.1) is 11.7 Å². The molecule has 1 N–H and O–H groups in total. The average molecular weight is 375 g/mol. The maximum atomic E-state index is 6.24. The number of nitrogens with one attached hydrogen (secondary N) is 1. The van der Waals surface area contributed by atoms with Crippen molar-refractivity contribution in [3.63, 3.8) is 0 Å². The largest absolute Gasteiger partial charge is 0.345 e. The van der Waals surface area contributed by atoms with E-state index in [1.54, 1.807) is 12.4 Å². The van der Waals surface area contributed by atoms with E-state index in [4.69, 9.17) is 21.7 Å².